The number of hydrogen-bond donors (Lipinski definition) is 1. The van der Waals surface area contributed by atoms with Gasteiger partial charge in [-0.05, 0) is 55.7 Å². The lowest BCUT2D eigenvalue weighted by molar-refractivity contribution is -0.120. The lowest BCUT2D eigenvalue weighted by atomic mass is 9.97. The van der Waals surface area contributed by atoms with Crippen molar-refractivity contribution < 1.29 is 9.18 Å². The summed E-state index contributed by atoms with van der Waals surface area (Å²) >= 11 is 0. The summed E-state index contributed by atoms with van der Waals surface area (Å²) in [6, 6.07) is 17.5. The second-order valence-corrected chi connectivity index (χ2v) is 8.94. The van der Waals surface area contributed by atoms with Crippen molar-refractivity contribution in [3.8, 4) is 0 Å². The third-order valence-electron chi connectivity index (χ3n) is 6.33. The molecule has 2 aromatic carbocycles. The van der Waals surface area contributed by atoms with E-state index in [1.807, 2.05) is 42.2 Å². The summed E-state index contributed by atoms with van der Waals surface area (Å²) in [5.41, 5.74) is 3.48. The molecule has 1 aliphatic rings. The fourth-order valence-electron chi connectivity index (χ4n) is 4.49. The summed E-state index contributed by atoms with van der Waals surface area (Å²) in [6.07, 6.45) is 3.08. The predicted molar refractivity (Wildman–Crippen MR) is 134 cm³/mol. The van der Waals surface area contributed by atoms with Crippen molar-refractivity contribution in [2.24, 2.45) is 5.92 Å². The number of nitrogens with zero attached hydrogens (tertiary/aromatic N) is 4. The smallest absolute Gasteiger partial charge is 0.295 e. The molecular weight excluding hydrogens is 445 g/mol. The first kappa shape index (κ1) is 22.7. The van der Waals surface area contributed by atoms with E-state index in [1.54, 1.807) is 29.0 Å². The van der Waals surface area contributed by atoms with Gasteiger partial charge in [-0.3, -0.25) is 14.2 Å². The number of carbonyl (C=O) groups is 1. The molecule has 3 heterocycles. The Hall–Kier alpha value is -4.07. The van der Waals surface area contributed by atoms with E-state index < -0.39 is 5.82 Å². The van der Waals surface area contributed by atoms with Gasteiger partial charge in [0.15, 0.2) is 11.5 Å². The molecule has 0 saturated carbocycles. The number of amides is 1. The van der Waals surface area contributed by atoms with E-state index in [4.69, 9.17) is 0 Å². The van der Waals surface area contributed by atoms with Crippen molar-refractivity contribution in [1.29, 1.82) is 0 Å². The lowest BCUT2D eigenvalue weighted by Gasteiger charge is -2.32. The molecule has 1 saturated heterocycles. The van der Waals surface area contributed by atoms with Crippen LogP contribution in [0.15, 0.2) is 71.7 Å². The van der Waals surface area contributed by atoms with Gasteiger partial charge < -0.3 is 10.2 Å². The summed E-state index contributed by atoms with van der Waals surface area (Å²) in [5.74, 6) is -0.622. The quantitative estimate of drug-likeness (QED) is 0.473. The Morgan fingerprint density at radius 3 is 2.77 bits per heavy atom. The molecule has 178 valence electrons. The number of hydrogen-bond acceptors (Lipinski definition) is 5. The second kappa shape index (κ2) is 9.66. The number of anilines is 2. The van der Waals surface area contributed by atoms with Crippen LogP contribution < -0.4 is 15.8 Å². The maximum absolute atomic E-state index is 13.6. The Labute approximate surface area is 202 Å². The van der Waals surface area contributed by atoms with E-state index in [0.29, 0.717) is 48.7 Å². The van der Waals surface area contributed by atoms with Gasteiger partial charge in [0.05, 0.1) is 12.5 Å². The number of fused-ring (bicyclic) bond motifs is 1. The van der Waals surface area contributed by atoms with E-state index in [0.717, 1.165) is 17.5 Å². The molecule has 0 unspecified atom stereocenters. The summed E-state index contributed by atoms with van der Waals surface area (Å²) in [7, 11) is 0. The number of piperidine rings is 1. The van der Waals surface area contributed by atoms with Crippen molar-refractivity contribution in [2.75, 3.05) is 23.3 Å². The normalized spacial score (nSPS) is 15.8. The summed E-state index contributed by atoms with van der Waals surface area (Å²) in [4.78, 5) is 37.5. The number of aryl methyl sites for hydroxylation is 1. The Bertz CT molecular complexity index is 1430. The largest absolute Gasteiger partial charge is 0.351 e. The summed E-state index contributed by atoms with van der Waals surface area (Å²) in [5, 5.41) is 2.80. The van der Waals surface area contributed by atoms with Crippen molar-refractivity contribution in [3.05, 3.63) is 94.2 Å². The minimum absolute atomic E-state index is 0.192. The SMILES string of the molecule is Cc1ccc(Cn2c(=O)c(N3CCC[C@@H](C(=O)Nc4cccc(F)c4)C3)nc3cccnc32)cc1. The lowest BCUT2D eigenvalue weighted by Crippen LogP contribution is -2.44. The molecule has 2 aromatic heterocycles. The van der Waals surface area contributed by atoms with Gasteiger partial charge in [0.25, 0.3) is 5.56 Å². The number of rotatable bonds is 5. The molecule has 1 amide bonds. The first-order chi connectivity index (χ1) is 17.0. The van der Waals surface area contributed by atoms with Gasteiger partial charge in [-0.25, -0.2) is 14.4 Å². The van der Waals surface area contributed by atoms with Crippen molar-refractivity contribution in [1.82, 2.24) is 14.5 Å². The van der Waals surface area contributed by atoms with E-state index in [9.17, 15) is 14.0 Å². The zero-order valence-electron chi connectivity index (χ0n) is 19.4. The van der Waals surface area contributed by atoms with Crippen LogP contribution in [0.2, 0.25) is 0 Å². The van der Waals surface area contributed by atoms with Crippen LogP contribution in [0, 0.1) is 18.7 Å². The molecular formula is C27H26FN5O2. The highest BCUT2D eigenvalue weighted by Crippen LogP contribution is 2.23. The minimum atomic E-state index is -0.406. The fourth-order valence-corrected chi connectivity index (χ4v) is 4.49. The molecule has 5 rings (SSSR count). The molecule has 1 atom stereocenters. The summed E-state index contributed by atoms with van der Waals surface area (Å²) < 4.78 is 15.2. The maximum atomic E-state index is 13.6. The highest BCUT2D eigenvalue weighted by Gasteiger charge is 2.29. The molecule has 4 aromatic rings. The monoisotopic (exact) mass is 471 g/mol. The van der Waals surface area contributed by atoms with Gasteiger partial charge in [-0.15, -0.1) is 0 Å². The first-order valence-electron chi connectivity index (χ1n) is 11.7. The molecule has 0 aliphatic carbocycles. The van der Waals surface area contributed by atoms with Crippen LogP contribution in [0.1, 0.15) is 24.0 Å². The highest BCUT2D eigenvalue weighted by molar-refractivity contribution is 5.93. The molecule has 1 N–H and O–H groups in total. The highest BCUT2D eigenvalue weighted by atomic mass is 19.1. The molecule has 1 fully saturated rings. The van der Waals surface area contributed by atoms with E-state index >= 15 is 0 Å². The Balaban J connectivity index is 1.44. The number of nitrogens with one attached hydrogen (secondary N) is 1. The molecule has 35 heavy (non-hydrogen) atoms. The molecule has 1 aliphatic heterocycles. The molecule has 8 heteroatoms. The van der Waals surface area contributed by atoms with Crippen LogP contribution in [-0.4, -0.2) is 33.5 Å². The molecule has 0 spiro atoms. The number of halogens is 1. The van der Waals surface area contributed by atoms with E-state index in [-0.39, 0.29) is 17.4 Å². The molecule has 0 bridgehead atoms. The predicted octanol–water partition coefficient (Wildman–Crippen LogP) is 4.14. The Morgan fingerprint density at radius 2 is 1.97 bits per heavy atom. The maximum Gasteiger partial charge on any atom is 0.295 e. The van der Waals surface area contributed by atoms with Crippen molar-refractivity contribution >= 4 is 28.6 Å². The zero-order valence-corrected chi connectivity index (χ0v) is 19.4. The van der Waals surface area contributed by atoms with Gasteiger partial charge >= 0.3 is 0 Å². The van der Waals surface area contributed by atoms with Crippen LogP contribution in [0.25, 0.3) is 11.2 Å². The second-order valence-electron chi connectivity index (χ2n) is 8.94. The Kier molecular flexibility index (Phi) is 6.27. The van der Waals surface area contributed by atoms with Crippen LogP contribution in [0.4, 0.5) is 15.9 Å². The van der Waals surface area contributed by atoms with E-state index in [2.05, 4.69) is 15.3 Å². The fraction of sp³-hybridized carbons (Fsp3) is 0.259. The molecule has 7 nitrogen and oxygen atoms in total. The van der Waals surface area contributed by atoms with Gasteiger partial charge in [-0.1, -0.05) is 35.9 Å². The Morgan fingerprint density at radius 1 is 1.14 bits per heavy atom. The van der Waals surface area contributed by atoms with Crippen LogP contribution in [0.3, 0.4) is 0 Å². The van der Waals surface area contributed by atoms with Crippen molar-refractivity contribution in [3.63, 3.8) is 0 Å². The number of carbonyl (C=O) groups excluding carboxylic acids is 1. The van der Waals surface area contributed by atoms with Crippen molar-refractivity contribution in [2.45, 2.75) is 26.3 Å². The average molecular weight is 472 g/mol. The number of benzene rings is 2. The minimum Gasteiger partial charge on any atom is -0.351 e. The first-order valence-corrected chi connectivity index (χ1v) is 11.7. The van der Waals surface area contributed by atoms with Gasteiger partial charge in [0, 0.05) is 25.0 Å². The number of pyridine rings is 1. The molecule has 0 radical (unpaired) electrons. The van der Waals surface area contributed by atoms with Gasteiger partial charge in [0.1, 0.15) is 11.3 Å². The van der Waals surface area contributed by atoms with Crippen LogP contribution in [-0.2, 0) is 11.3 Å². The standard InChI is InChI=1S/C27H26FN5O2/c1-18-9-11-19(12-10-18)16-33-24-23(8-3-13-29-24)31-25(27(33)35)32-14-4-5-20(17-32)26(34)30-22-7-2-6-21(28)15-22/h2-3,6-13,15,20H,4-5,14,16-17H2,1H3,(H,30,34)/t20-/m1/s1. The van der Waals surface area contributed by atoms with Crippen LogP contribution >= 0.6 is 0 Å². The third-order valence-corrected chi connectivity index (χ3v) is 6.33. The van der Waals surface area contributed by atoms with E-state index in [1.165, 1.54) is 12.1 Å². The van der Waals surface area contributed by atoms with Gasteiger partial charge in [-0.2, -0.15) is 0 Å². The van der Waals surface area contributed by atoms with Crippen LogP contribution in [0.5, 0.6) is 0 Å². The number of aromatic nitrogens is 3. The average Bonchev–Trinajstić information content (AvgIpc) is 2.87. The topological polar surface area (TPSA) is 80.1 Å². The third kappa shape index (κ3) is 4.91. The van der Waals surface area contributed by atoms with Gasteiger partial charge in [0.2, 0.25) is 5.91 Å². The zero-order chi connectivity index (χ0) is 24.4. The summed E-state index contributed by atoms with van der Waals surface area (Å²) in [6.45, 7) is 3.39.